The molecule has 0 aromatic heterocycles. The Bertz CT molecular complexity index is 643. The number of nitrogens with two attached hydrogens (primary N) is 1. The third-order valence-electron chi connectivity index (χ3n) is 2.67. The Kier molecular flexibility index (Phi) is 3.85. The van der Waals surface area contributed by atoms with E-state index in [1.165, 1.54) is 6.07 Å². The Morgan fingerprint density at radius 1 is 1.26 bits per heavy atom. The number of rotatable bonds is 2. The molecule has 0 bridgehead atoms. The predicted molar refractivity (Wildman–Crippen MR) is 77.6 cm³/mol. The lowest BCUT2D eigenvalue weighted by Gasteiger charge is -2.08. The molecular weight excluding hydrogens is 311 g/mol. The van der Waals surface area contributed by atoms with Gasteiger partial charge in [0.25, 0.3) is 5.91 Å². The van der Waals surface area contributed by atoms with Crippen LogP contribution in [-0.4, -0.2) is 5.91 Å². The zero-order valence-electron chi connectivity index (χ0n) is 10.2. The van der Waals surface area contributed by atoms with Crippen molar-refractivity contribution >= 4 is 33.2 Å². The molecule has 19 heavy (non-hydrogen) atoms. The maximum Gasteiger partial charge on any atom is 0.255 e. The van der Waals surface area contributed by atoms with Crippen molar-refractivity contribution in [2.75, 3.05) is 11.1 Å². The molecule has 0 saturated carbocycles. The fourth-order valence-corrected chi connectivity index (χ4v) is 1.96. The molecule has 2 aromatic rings. The molecule has 0 aliphatic carbocycles. The topological polar surface area (TPSA) is 55.1 Å². The van der Waals surface area contributed by atoms with Crippen LogP contribution in [0.25, 0.3) is 0 Å². The summed E-state index contributed by atoms with van der Waals surface area (Å²) in [7, 11) is 0. The average molecular weight is 323 g/mol. The van der Waals surface area contributed by atoms with Gasteiger partial charge in [0.1, 0.15) is 5.82 Å². The zero-order valence-corrected chi connectivity index (χ0v) is 11.8. The molecule has 0 aliphatic rings. The van der Waals surface area contributed by atoms with Crippen molar-refractivity contribution in [2.45, 2.75) is 6.92 Å². The van der Waals surface area contributed by atoms with Gasteiger partial charge < -0.3 is 11.1 Å². The third kappa shape index (κ3) is 3.12. The van der Waals surface area contributed by atoms with Gasteiger partial charge in [-0.25, -0.2) is 4.39 Å². The number of nitrogens with one attached hydrogen (secondary N) is 1. The second kappa shape index (κ2) is 5.40. The second-order valence-corrected chi connectivity index (χ2v) is 5.01. The molecule has 0 atom stereocenters. The van der Waals surface area contributed by atoms with E-state index in [2.05, 4.69) is 21.2 Å². The lowest BCUT2D eigenvalue weighted by atomic mass is 10.1. The highest BCUT2D eigenvalue weighted by Gasteiger charge is 2.10. The summed E-state index contributed by atoms with van der Waals surface area (Å²) in [5, 5.41) is 2.65. The van der Waals surface area contributed by atoms with Crippen LogP contribution in [-0.2, 0) is 0 Å². The average Bonchev–Trinajstić information content (AvgIpc) is 2.33. The maximum atomic E-state index is 13.3. The number of anilines is 2. The SMILES string of the molecule is Cc1cc(N)ccc1C(=O)Nc1ccc(Br)c(F)c1. The lowest BCUT2D eigenvalue weighted by Crippen LogP contribution is -2.13. The zero-order chi connectivity index (χ0) is 14.0. The smallest absolute Gasteiger partial charge is 0.255 e. The number of benzene rings is 2. The molecule has 5 heteroatoms. The van der Waals surface area contributed by atoms with Crippen molar-refractivity contribution in [3.63, 3.8) is 0 Å². The molecule has 0 unspecified atom stereocenters. The Morgan fingerprint density at radius 3 is 2.63 bits per heavy atom. The highest BCUT2D eigenvalue weighted by atomic mass is 79.9. The van der Waals surface area contributed by atoms with Crippen molar-refractivity contribution in [3.8, 4) is 0 Å². The van der Waals surface area contributed by atoms with Crippen molar-refractivity contribution < 1.29 is 9.18 Å². The lowest BCUT2D eigenvalue weighted by molar-refractivity contribution is 0.102. The van der Waals surface area contributed by atoms with Gasteiger partial charge in [0.2, 0.25) is 0 Å². The van der Waals surface area contributed by atoms with Crippen LogP contribution in [0.1, 0.15) is 15.9 Å². The largest absolute Gasteiger partial charge is 0.399 e. The van der Waals surface area contributed by atoms with Crippen molar-refractivity contribution in [1.82, 2.24) is 0 Å². The van der Waals surface area contributed by atoms with E-state index in [-0.39, 0.29) is 5.91 Å². The maximum absolute atomic E-state index is 13.3. The van der Waals surface area contributed by atoms with Gasteiger partial charge >= 0.3 is 0 Å². The quantitative estimate of drug-likeness (QED) is 0.828. The molecule has 0 spiro atoms. The summed E-state index contributed by atoms with van der Waals surface area (Å²) in [4.78, 5) is 12.1. The van der Waals surface area contributed by atoms with Crippen LogP contribution in [0.15, 0.2) is 40.9 Å². The first-order chi connectivity index (χ1) is 8.97. The molecule has 0 radical (unpaired) electrons. The molecule has 2 rings (SSSR count). The second-order valence-electron chi connectivity index (χ2n) is 4.16. The standard InChI is InChI=1S/C14H12BrFN2O/c1-8-6-9(17)2-4-11(8)14(19)18-10-3-5-12(15)13(16)7-10/h2-7H,17H2,1H3,(H,18,19). The summed E-state index contributed by atoms with van der Waals surface area (Å²) < 4.78 is 13.7. The molecule has 0 heterocycles. The van der Waals surface area contributed by atoms with E-state index in [0.29, 0.717) is 21.4 Å². The van der Waals surface area contributed by atoms with Crippen LogP contribution in [0.2, 0.25) is 0 Å². The van der Waals surface area contributed by atoms with Gasteiger partial charge in [0, 0.05) is 16.9 Å². The summed E-state index contributed by atoms with van der Waals surface area (Å²) >= 11 is 3.06. The molecule has 3 nitrogen and oxygen atoms in total. The van der Waals surface area contributed by atoms with Crippen LogP contribution in [0.3, 0.4) is 0 Å². The summed E-state index contributed by atoms with van der Waals surface area (Å²) in [6.07, 6.45) is 0. The molecule has 0 aliphatic heterocycles. The van der Waals surface area contributed by atoms with E-state index in [1.54, 1.807) is 37.3 Å². The van der Waals surface area contributed by atoms with E-state index in [0.717, 1.165) is 5.56 Å². The first-order valence-electron chi connectivity index (χ1n) is 5.60. The highest BCUT2D eigenvalue weighted by molar-refractivity contribution is 9.10. The Balaban J connectivity index is 2.23. The van der Waals surface area contributed by atoms with Gasteiger partial charge in [-0.3, -0.25) is 4.79 Å². The fraction of sp³-hybridized carbons (Fsp3) is 0.0714. The van der Waals surface area contributed by atoms with E-state index in [4.69, 9.17) is 5.73 Å². The van der Waals surface area contributed by atoms with Crippen LogP contribution < -0.4 is 11.1 Å². The van der Waals surface area contributed by atoms with Crippen LogP contribution in [0.5, 0.6) is 0 Å². The summed E-state index contributed by atoms with van der Waals surface area (Å²) in [6.45, 7) is 1.80. The summed E-state index contributed by atoms with van der Waals surface area (Å²) in [5.74, 6) is -0.717. The molecule has 0 saturated heterocycles. The van der Waals surface area contributed by atoms with Gasteiger partial charge in [0.05, 0.1) is 4.47 Å². The van der Waals surface area contributed by atoms with E-state index in [9.17, 15) is 9.18 Å². The van der Waals surface area contributed by atoms with Crippen molar-refractivity contribution in [3.05, 3.63) is 57.8 Å². The van der Waals surface area contributed by atoms with Gasteiger partial charge in [-0.1, -0.05) is 0 Å². The number of carbonyl (C=O) groups excluding carboxylic acids is 1. The third-order valence-corrected chi connectivity index (χ3v) is 3.32. The number of nitrogen functional groups attached to an aromatic ring is 1. The molecule has 3 N–H and O–H groups in total. The Hall–Kier alpha value is -1.88. The van der Waals surface area contributed by atoms with E-state index >= 15 is 0 Å². The molecule has 1 amide bonds. The summed E-state index contributed by atoms with van der Waals surface area (Å²) in [6, 6.07) is 9.45. The Morgan fingerprint density at radius 2 is 2.00 bits per heavy atom. The predicted octanol–water partition coefficient (Wildman–Crippen LogP) is 3.73. The number of amides is 1. The number of carbonyl (C=O) groups is 1. The number of aryl methyl sites for hydroxylation is 1. The first kappa shape index (κ1) is 13.5. The van der Waals surface area contributed by atoms with Gasteiger partial charge in [0.15, 0.2) is 0 Å². The van der Waals surface area contributed by atoms with E-state index < -0.39 is 5.82 Å². The minimum Gasteiger partial charge on any atom is -0.399 e. The minimum absolute atomic E-state index is 0.292. The fourth-order valence-electron chi connectivity index (χ4n) is 1.71. The highest BCUT2D eigenvalue weighted by Crippen LogP contribution is 2.20. The first-order valence-corrected chi connectivity index (χ1v) is 6.39. The minimum atomic E-state index is -0.424. The summed E-state index contributed by atoms with van der Waals surface area (Å²) in [5.41, 5.74) is 7.92. The number of hydrogen-bond acceptors (Lipinski definition) is 2. The van der Waals surface area contributed by atoms with Gasteiger partial charge in [-0.15, -0.1) is 0 Å². The van der Waals surface area contributed by atoms with Gasteiger partial charge in [-0.05, 0) is 64.8 Å². The number of hydrogen-bond donors (Lipinski definition) is 2. The van der Waals surface area contributed by atoms with E-state index in [1.807, 2.05) is 0 Å². The van der Waals surface area contributed by atoms with Crippen LogP contribution >= 0.6 is 15.9 Å². The normalized spacial score (nSPS) is 10.3. The molecule has 2 aromatic carbocycles. The molecule has 0 fully saturated rings. The number of halogens is 2. The molecular formula is C14H12BrFN2O. The van der Waals surface area contributed by atoms with Crippen LogP contribution in [0.4, 0.5) is 15.8 Å². The van der Waals surface area contributed by atoms with Gasteiger partial charge in [-0.2, -0.15) is 0 Å². The van der Waals surface area contributed by atoms with Crippen molar-refractivity contribution in [2.24, 2.45) is 0 Å². The Labute approximate surface area is 118 Å². The monoisotopic (exact) mass is 322 g/mol. The molecule has 98 valence electrons. The van der Waals surface area contributed by atoms with Crippen molar-refractivity contribution in [1.29, 1.82) is 0 Å². The van der Waals surface area contributed by atoms with Crippen LogP contribution in [0, 0.1) is 12.7 Å².